The minimum absolute atomic E-state index is 0.0105. The molecule has 1 heterocycles. The molecular formula is C31H36N6O12. The van der Waals surface area contributed by atoms with Crippen LogP contribution in [-0.4, -0.2) is 104 Å². The zero-order chi connectivity index (χ0) is 36.1. The average Bonchev–Trinajstić information content (AvgIpc) is 3.56. The van der Waals surface area contributed by atoms with Crippen molar-refractivity contribution in [1.82, 2.24) is 20.9 Å². The summed E-state index contributed by atoms with van der Waals surface area (Å²) in [6.07, 6.45) is -1.45. The molecule has 0 unspecified atom stereocenters. The molecule has 1 aliphatic rings. The second-order valence-electron chi connectivity index (χ2n) is 11.1. The van der Waals surface area contributed by atoms with Crippen LogP contribution < -0.4 is 21.3 Å². The van der Waals surface area contributed by atoms with Gasteiger partial charge in [-0.05, 0) is 30.5 Å². The van der Waals surface area contributed by atoms with Crippen LogP contribution in [0.1, 0.15) is 37.7 Å². The number of carbonyl (C=O) groups is 7. The monoisotopic (exact) mass is 684 g/mol. The fourth-order valence-electron chi connectivity index (χ4n) is 5.05. The largest absolute Gasteiger partial charge is 0.481 e. The molecule has 1 fully saturated rings. The van der Waals surface area contributed by atoms with E-state index in [9.17, 15) is 53.9 Å². The normalized spacial score (nSPS) is 15.6. The van der Waals surface area contributed by atoms with Gasteiger partial charge in [-0.2, -0.15) is 0 Å². The van der Waals surface area contributed by atoms with E-state index < -0.39 is 96.4 Å². The average molecular weight is 685 g/mol. The Bertz CT molecular complexity index is 1550. The Morgan fingerprint density at radius 3 is 2.10 bits per heavy atom. The number of aliphatic hydroxyl groups excluding tert-OH is 1. The fraction of sp³-hybridized carbons (Fsp3) is 0.387. The molecule has 18 nitrogen and oxygen atoms in total. The molecule has 5 amide bonds. The van der Waals surface area contributed by atoms with Gasteiger partial charge in [0.15, 0.2) is 0 Å². The predicted molar refractivity (Wildman–Crippen MR) is 169 cm³/mol. The van der Waals surface area contributed by atoms with E-state index >= 15 is 0 Å². The first-order chi connectivity index (χ1) is 23.3. The van der Waals surface area contributed by atoms with Crippen LogP contribution >= 0.6 is 0 Å². The maximum atomic E-state index is 13.6. The first kappa shape index (κ1) is 37.5. The van der Waals surface area contributed by atoms with E-state index in [0.717, 1.165) is 4.90 Å². The Balaban J connectivity index is 1.76. The quantitative estimate of drug-likeness (QED) is 0.0825. The highest BCUT2D eigenvalue weighted by Crippen LogP contribution is 2.21. The molecule has 18 heteroatoms. The number of hydrogen-bond donors (Lipinski definition) is 7. The lowest BCUT2D eigenvalue weighted by Gasteiger charge is -2.30. The molecule has 0 saturated carbocycles. The third-order valence-electron chi connectivity index (χ3n) is 7.49. The van der Waals surface area contributed by atoms with Gasteiger partial charge < -0.3 is 41.5 Å². The van der Waals surface area contributed by atoms with E-state index in [-0.39, 0.29) is 30.8 Å². The zero-order valence-electron chi connectivity index (χ0n) is 26.1. The first-order valence-corrected chi connectivity index (χ1v) is 15.1. The van der Waals surface area contributed by atoms with Gasteiger partial charge in [-0.3, -0.25) is 43.7 Å². The second kappa shape index (κ2) is 17.9. The van der Waals surface area contributed by atoms with E-state index in [2.05, 4.69) is 21.3 Å². The van der Waals surface area contributed by atoms with Gasteiger partial charge in [0.2, 0.25) is 29.5 Å². The number of rotatable bonds is 17. The SMILES string of the molecule is O=C(O)CCC(=O)N[C@@H](CO)C(=O)N[C@@H](CC(=O)O)C(=O)N1CCC[C@H]1C(=O)N[C@@H](Cc1ccccc1)C(=O)Nc1ccc([N+](=O)[O-])cc1. The van der Waals surface area contributed by atoms with Crippen molar-refractivity contribution in [3.63, 3.8) is 0 Å². The van der Waals surface area contributed by atoms with E-state index in [4.69, 9.17) is 5.11 Å². The van der Waals surface area contributed by atoms with Crippen LogP contribution in [0.3, 0.4) is 0 Å². The van der Waals surface area contributed by atoms with E-state index in [1.807, 2.05) is 0 Å². The minimum atomic E-state index is -1.71. The number of aliphatic hydroxyl groups is 1. The molecule has 2 aromatic rings. The molecule has 1 aliphatic heterocycles. The van der Waals surface area contributed by atoms with Crippen LogP contribution in [0.2, 0.25) is 0 Å². The van der Waals surface area contributed by atoms with Crippen LogP contribution in [0.15, 0.2) is 54.6 Å². The fourth-order valence-corrected chi connectivity index (χ4v) is 5.05. The van der Waals surface area contributed by atoms with Gasteiger partial charge in [0.1, 0.15) is 24.2 Å². The minimum Gasteiger partial charge on any atom is -0.481 e. The summed E-state index contributed by atoms with van der Waals surface area (Å²) in [6, 6.07) is 8.08. The van der Waals surface area contributed by atoms with Crippen molar-refractivity contribution in [1.29, 1.82) is 0 Å². The van der Waals surface area contributed by atoms with Gasteiger partial charge in [0.05, 0.1) is 24.4 Å². The van der Waals surface area contributed by atoms with Crippen LogP contribution in [0, 0.1) is 10.1 Å². The van der Waals surface area contributed by atoms with Gasteiger partial charge in [0, 0.05) is 37.2 Å². The van der Waals surface area contributed by atoms with E-state index in [0.29, 0.717) is 12.0 Å². The van der Waals surface area contributed by atoms with Crippen LogP contribution in [0.4, 0.5) is 11.4 Å². The number of amides is 5. The zero-order valence-corrected chi connectivity index (χ0v) is 26.1. The van der Waals surface area contributed by atoms with Crippen molar-refractivity contribution in [2.45, 2.75) is 62.7 Å². The number of carboxylic acid groups (broad SMARTS) is 2. The molecule has 0 aromatic heterocycles. The highest BCUT2D eigenvalue weighted by atomic mass is 16.6. The number of anilines is 1. The molecular weight excluding hydrogens is 648 g/mol. The molecule has 4 atom stereocenters. The Morgan fingerprint density at radius 1 is 0.837 bits per heavy atom. The highest BCUT2D eigenvalue weighted by Gasteiger charge is 2.40. The Kier molecular flexibility index (Phi) is 13.7. The van der Waals surface area contributed by atoms with Gasteiger partial charge in [-0.15, -0.1) is 0 Å². The summed E-state index contributed by atoms with van der Waals surface area (Å²) in [4.78, 5) is 99.2. The standard InChI is InChI=1S/C31H36N6O12/c38-17-23(33-25(39)12-13-26(40)41)29(45)35-22(16-27(42)43)31(47)36-14-4-7-24(36)30(46)34-21(15-18-5-2-1-3-6-18)28(44)32-19-8-10-20(11-9-19)37(48)49/h1-3,5-6,8-11,21-24,38H,4,7,12-17H2,(H,32,44)(H,33,39)(H,34,46)(H,35,45)(H,40,41)(H,42,43)/t21-,22-,23-,24-/m0/s1. The lowest BCUT2D eigenvalue weighted by Crippen LogP contribution is -2.58. The number of non-ortho nitro benzene ring substituents is 1. The molecule has 262 valence electrons. The number of aliphatic carboxylic acids is 2. The van der Waals surface area contributed by atoms with Crippen molar-refractivity contribution in [2.24, 2.45) is 0 Å². The number of carboxylic acids is 2. The summed E-state index contributed by atoms with van der Waals surface area (Å²) < 4.78 is 0. The number of nitrogens with one attached hydrogen (secondary N) is 4. The van der Waals surface area contributed by atoms with Crippen LogP contribution in [0.5, 0.6) is 0 Å². The second-order valence-corrected chi connectivity index (χ2v) is 11.1. The summed E-state index contributed by atoms with van der Waals surface area (Å²) in [6.45, 7) is -0.936. The lowest BCUT2D eigenvalue weighted by molar-refractivity contribution is -0.384. The number of benzene rings is 2. The maximum Gasteiger partial charge on any atom is 0.305 e. The molecule has 0 spiro atoms. The van der Waals surface area contributed by atoms with Gasteiger partial charge in [-0.25, -0.2) is 0 Å². The van der Waals surface area contributed by atoms with Crippen molar-refractivity contribution < 1.29 is 53.8 Å². The molecule has 0 aliphatic carbocycles. The molecule has 0 bridgehead atoms. The molecule has 3 rings (SSSR count). The van der Waals surface area contributed by atoms with Gasteiger partial charge in [-0.1, -0.05) is 30.3 Å². The Hall–Kier alpha value is -5.91. The van der Waals surface area contributed by atoms with Crippen molar-refractivity contribution in [2.75, 3.05) is 18.5 Å². The molecule has 7 N–H and O–H groups in total. The number of carbonyl (C=O) groups excluding carboxylic acids is 5. The summed E-state index contributed by atoms with van der Waals surface area (Å²) in [5.41, 5.74) is 0.721. The number of hydrogen-bond acceptors (Lipinski definition) is 10. The van der Waals surface area contributed by atoms with E-state index in [1.165, 1.54) is 24.3 Å². The summed E-state index contributed by atoms with van der Waals surface area (Å²) >= 11 is 0. The van der Waals surface area contributed by atoms with E-state index in [1.54, 1.807) is 30.3 Å². The number of nitro benzene ring substituents is 1. The van der Waals surface area contributed by atoms with Crippen molar-refractivity contribution in [3.05, 3.63) is 70.3 Å². The van der Waals surface area contributed by atoms with Gasteiger partial charge >= 0.3 is 11.9 Å². The first-order valence-electron chi connectivity index (χ1n) is 15.1. The third kappa shape index (κ3) is 11.4. The van der Waals surface area contributed by atoms with Crippen molar-refractivity contribution >= 4 is 52.8 Å². The smallest absolute Gasteiger partial charge is 0.305 e. The van der Waals surface area contributed by atoms with Crippen molar-refractivity contribution in [3.8, 4) is 0 Å². The molecule has 0 radical (unpaired) electrons. The topological polar surface area (TPSA) is 275 Å². The highest BCUT2D eigenvalue weighted by molar-refractivity contribution is 6.00. The lowest BCUT2D eigenvalue weighted by atomic mass is 10.0. The Labute approximate surface area is 279 Å². The van der Waals surface area contributed by atoms with Crippen LogP contribution in [0.25, 0.3) is 0 Å². The molecule has 2 aromatic carbocycles. The molecule has 49 heavy (non-hydrogen) atoms. The predicted octanol–water partition coefficient (Wildman–Crippen LogP) is -0.447. The number of likely N-dealkylation sites (tertiary alicyclic amines) is 1. The summed E-state index contributed by atoms with van der Waals surface area (Å²) in [7, 11) is 0. The summed E-state index contributed by atoms with van der Waals surface area (Å²) in [5.74, 6) is -7.06. The third-order valence-corrected chi connectivity index (χ3v) is 7.49. The van der Waals surface area contributed by atoms with Gasteiger partial charge in [0.25, 0.3) is 5.69 Å². The maximum absolute atomic E-state index is 13.6. The number of nitro groups is 1. The Morgan fingerprint density at radius 2 is 1.51 bits per heavy atom. The summed E-state index contributed by atoms with van der Waals surface area (Å²) in [5, 5.41) is 48.4. The van der Waals surface area contributed by atoms with Crippen LogP contribution in [-0.2, 0) is 40.0 Å². The number of nitrogens with zero attached hydrogens (tertiary/aromatic N) is 2. The molecule has 1 saturated heterocycles.